The summed E-state index contributed by atoms with van der Waals surface area (Å²) in [5.41, 5.74) is 7.17. The van der Waals surface area contributed by atoms with Gasteiger partial charge < -0.3 is 10.5 Å². The van der Waals surface area contributed by atoms with Gasteiger partial charge in [-0.15, -0.1) is 0 Å². The zero-order valence-corrected chi connectivity index (χ0v) is 10.7. The number of rotatable bonds is 3. The van der Waals surface area contributed by atoms with E-state index < -0.39 is 0 Å². The molecule has 0 spiro atoms. The van der Waals surface area contributed by atoms with Crippen molar-refractivity contribution in [2.24, 2.45) is 5.73 Å². The SMILES string of the molecule is CC(CCN)c1cc2c(cc1F)OC(C)(C)C2. The summed E-state index contributed by atoms with van der Waals surface area (Å²) >= 11 is 0. The molecule has 17 heavy (non-hydrogen) atoms. The molecular formula is C14H20FNO. The first-order valence-electron chi connectivity index (χ1n) is 6.14. The predicted molar refractivity (Wildman–Crippen MR) is 66.9 cm³/mol. The van der Waals surface area contributed by atoms with E-state index in [9.17, 15) is 4.39 Å². The first-order valence-corrected chi connectivity index (χ1v) is 6.14. The van der Waals surface area contributed by atoms with E-state index in [2.05, 4.69) is 0 Å². The van der Waals surface area contributed by atoms with Crippen LogP contribution in [0.15, 0.2) is 12.1 Å². The molecule has 0 aromatic heterocycles. The molecule has 94 valence electrons. The van der Waals surface area contributed by atoms with Gasteiger partial charge in [0.05, 0.1) is 0 Å². The first kappa shape index (κ1) is 12.4. The third-order valence-corrected chi connectivity index (χ3v) is 3.31. The van der Waals surface area contributed by atoms with Gasteiger partial charge in [0.2, 0.25) is 0 Å². The van der Waals surface area contributed by atoms with Gasteiger partial charge in [0, 0.05) is 12.5 Å². The minimum Gasteiger partial charge on any atom is -0.487 e. The van der Waals surface area contributed by atoms with E-state index in [1.165, 1.54) is 6.07 Å². The number of benzene rings is 1. The Balaban J connectivity index is 2.33. The molecule has 1 heterocycles. The number of ether oxygens (including phenoxy) is 1. The Morgan fingerprint density at radius 1 is 1.47 bits per heavy atom. The van der Waals surface area contributed by atoms with Gasteiger partial charge in [0.1, 0.15) is 17.2 Å². The van der Waals surface area contributed by atoms with Gasteiger partial charge in [-0.2, -0.15) is 0 Å². The first-order chi connectivity index (χ1) is 7.93. The molecule has 2 N–H and O–H groups in total. The van der Waals surface area contributed by atoms with Crippen LogP contribution in [0.25, 0.3) is 0 Å². The number of hydrogen-bond acceptors (Lipinski definition) is 2. The average molecular weight is 237 g/mol. The van der Waals surface area contributed by atoms with Gasteiger partial charge in [-0.05, 0) is 49.9 Å². The Labute approximate surface area is 102 Å². The number of fused-ring (bicyclic) bond motifs is 1. The third kappa shape index (κ3) is 2.44. The van der Waals surface area contributed by atoms with E-state index in [0.29, 0.717) is 12.3 Å². The van der Waals surface area contributed by atoms with Crippen molar-refractivity contribution in [3.05, 3.63) is 29.1 Å². The van der Waals surface area contributed by atoms with E-state index in [0.717, 1.165) is 24.0 Å². The van der Waals surface area contributed by atoms with Gasteiger partial charge in [-0.3, -0.25) is 0 Å². The molecule has 0 bridgehead atoms. The van der Waals surface area contributed by atoms with Crippen LogP contribution in [0.5, 0.6) is 5.75 Å². The van der Waals surface area contributed by atoms with Crippen LogP contribution in [-0.2, 0) is 6.42 Å². The van der Waals surface area contributed by atoms with E-state index >= 15 is 0 Å². The van der Waals surface area contributed by atoms with Gasteiger partial charge in [-0.25, -0.2) is 4.39 Å². The number of hydrogen-bond donors (Lipinski definition) is 1. The Hall–Kier alpha value is -1.09. The zero-order chi connectivity index (χ0) is 12.6. The average Bonchev–Trinajstić information content (AvgIpc) is 2.50. The van der Waals surface area contributed by atoms with Gasteiger partial charge >= 0.3 is 0 Å². The molecule has 2 rings (SSSR count). The zero-order valence-electron chi connectivity index (χ0n) is 10.7. The number of nitrogens with two attached hydrogens (primary N) is 1. The summed E-state index contributed by atoms with van der Waals surface area (Å²) in [6.07, 6.45) is 1.64. The van der Waals surface area contributed by atoms with Crippen molar-refractivity contribution in [3.8, 4) is 5.75 Å². The van der Waals surface area contributed by atoms with Crippen LogP contribution in [0.1, 0.15) is 44.2 Å². The molecule has 1 aromatic carbocycles. The van der Waals surface area contributed by atoms with Crippen molar-refractivity contribution < 1.29 is 9.13 Å². The minimum atomic E-state index is -0.218. The van der Waals surface area contributed by atoms with Crippen molar-refractivity contribution in [2.45, 2.75) is 45.1 Å². The van der Waals surface area contributed by atoms with Crippen LogP contribution >= 0.6 is 0 Å². The van der Waals surface area contributed by atoms with Crippen molar-refractivity contribution in [3.63, 3.8) is 0 Å². The molecule has 1 unspecified atom stereocenters. The van der Waals surface area contributed by atoms with Crippen LogP contribution in [0, 0.1) is 5.82 Å². The minimum absolute atomic E-state index is 0.161. The smallest absolute Gasteiger partial charge is 0.130 e. The van der Waals surface area contributed by atoms with Crippen molar-refractivity contribution >= 4 is 0 Å². The van der Waals surface area contributed by atoms with Gasteiger partial charge in [-0.1, -0.05) is 6.92 Å². The van der Waals surface area contributed by atoms with Crippen molar-refractivity contribution in [1.82, 2.24) is 0 Å². The fourth-order valence-corrected chi connectivity index (χ4v) is 2.43. The molecule has 1 aliphatic heterocycles. The molecule has 0 saturated carbocycles. The van der Waals surface area contributed by atoms with Crippen molar-refractivity contribution in [1.29, 1.82) is 0 Å². The highest BCUT2D eigenvalue weighted by Crippen LogP contribution is 2.38. The monoisotopic (exact) mass is 237 g/mol. The van der Waals surface area contributed by atoms with E-state index in [1.807, 2.05) is 26.8 Å². The quantitative estimate of drug-likeness (QED) is 0.877. The summed E-state index contributed by atoms with van der Waals surface area (Å²) < 4.78 is 19.7. The molecule has 3 heteroatoms. The van der Waals surface area contributed by atoms with Crippen LogP contribution in [0.3, 0.4) is 0 Å². The molecule has 1 aliphatic rings. The second-order valence-electron chi connectivity index (χ2n) is 5.50. The highest BCUT2D eigenvalue weighted by molar-refractivity contribution is 5.43. The summed E-state index contributed by atoms with van der Waals surface area (Å²) in [5.74, 6) is 0.674. The molecule has 1 aromatic rings. The topological polar surface area (TPSA) is 35.2 Å². The summed E-state index contributed by atoms with van der Waals surface area (Å²) in [6, 6.07) is 3.46. The van der Waals surface area contributed by atoms with Crippen LogP contribution in [0.4, 0.5) is 4.39 Å². The Morgan fingerprint density at radius 3 is 2.82 bits per heavy atom. The lowest BCUT2D eigenvalue weighted by molar-refractivity contribution is 0.138. The maximum absolute atomic E-state index is 13.9. The third-order valence-electron chi connectivity index (χ3n) is 3.31. The number of halogens is 1. The fourth-order valence-electron chi connectivity index (χ4n) is 2.43. The van der Waals surface area contributed by atoms with E-state index in [1.54, 1.807) is 0 Å². The van der Waals surface area contributed by atoms with Crippen LogP contribution in [-0.4, -0.2) is 12.1 Å². The largest absolute Gasteiger partial charge is 0.487 e. The molecule has 0 amide bonds. The van der Waals surface area contributed by atoms with E-state index in [-0.39, 0.29) is 17.3 Å². The summed E-state index contributed by atoms with van der Waals surface area (Å²) in [7, 11) is 0. The summed E-state index contributed by atoms with van der Waals surface area (Å²) in [5, 5.41) is 0. The lowest BCUT2D eigenvalue weighted by Crippen LogP contribution is -2.24. The lowest BCUT2D eigenvalue weighted by Gasteiger charge is -2.16. The van der Waals surface area contributed by atoms with Gasteiger partial charge in [0.15, 0.2) is 0 Å². The molecular weight excluding hydrogens is 217 g/mol. The summed E-state index contributed by atoms with van der Waals surface area (Å²) in [6.45, 7) is 6.64. The highest BCUT2D eigenvalue weighted by atomic mass is 19.1. The maximum Gasteiger partial charge on any atom is 0.130 e. The van der Waals surface area contributed by atoms with Gasteiger partial charge in [0.25, 0.3) is 0 Å². The second kappa shape index (κ2) is 4.30. The Kier molecular flexibility index (Phi) is 3.13. The van der Waals surface area contributed by atoms with Crippen molar-refractivity contribution in [2.75, 3.05) is 6.54 Å². The maximum atomic E-state index is 13.9. The highest BCUT2D eigenvalue weighted by Gasteiger charge is 2.31. The summed E-state index contributed by atoms with van der Waals surface area (Å²) in [4.78, 5) is 0. The molecule has 0 saturated heterocycles. The normalized spacial score (nSPS) is 18.6. The fraction of sp³-hybridized carbons (Fsp3) is 0.571. The van der Waals surface area contributed by atoms with Crippen LogP contribution in [0.2, 0.25) is 0 Å². The molecule has 2 nitrogen and oxygen atoms in total. The van der Waals surface area contributed by atoms with E-state index in [4.69, 9.17) is 10.5 Å². The molecule has 0 radical (unpaired) electrons. The Bertz CT molecular complexity index is 428. The lowest BCUT2D eigenvalue weighted by atomic mass is 9.93. The molecule has 0 fully saturated rings. The second-order valence-corrected chi connectivity index (χ2v) is 5.50. The van der Waals surface area contributed by atoms with Crippen LogP contribution < -0.4 is 10.5 Å². The molecule has 0 aliphatic carbocycles. The Morgan fingerprint density at radius 2 is 2.18 bits per heavy atom. The predicted octanol–water partition coefficient (Wildman–Crippen LogP) is 2.99. The molecule has 1 atom stereocenters. The standard InChI is InChI=1S/C14H20FNO/c1-9(4-5-16)11-6-10-8-14(2,3)17-13(10)7-12(11)15/h6-7,9H,4-5,8,16H2,1-3H3.